The lowest BCUT2D eigenvalue weighted by Crippen LogP contribution is -2.48. The van der Waals surface area contributed by atoms with Crippen LogP contribution in [-0.4, -0.2) is 37.7 Å². The summed E-state index contributed by atoms with van der Waals surface area (Å²) in [5.74, 6) is -0.140. The summed E-state index contributed by atoms with van der Waals surface area (Å²) < 4.78 is 9.90. The van der Waals surface area contributed by atoms with Gasteiger partial charge in [-0.3, -0.25) is 10.1 Å². The first-order chi connectivity index (χ1) is 12.0. The summed E-state index contributed by atoms with van der Waals surface area (Å²) in [7, 11) is 1.30. The van der Waals surface area contributed by atoms with E-state index in [2.05, 4.69) is 22.3 Å². The van der Waals surface area contributed by atoms with Crippen LogP contribution in [0.1, 0.15) is 43.0 Å². The van der Waals surface area contributed by atoms with Crippen molar-refractivity contribution in [2.45, 2.75) is 38.6 Å². The monoisotopic (exact) mass is 348 g/mol. The lowest BCUT2D eigenvalue weighted by atomic mass is 9.86. The van der Waals surface area contributed by atoms with Gasteiger partial charge in [-0.2, -0.15) is 0 Å². The van der Waals surface area contributed by atoms with Crippen molar-refractivity contribution in [2.24, 2.45) is 5.92 Å². The molecule has 0 unspecified atom stereocenters. The van der Waals surface area contributed by atoms with Crippen molar-refractivity contribution in [1.29, 1.82) is 0 Å². The maximum absolute atomic E-state index is 11.9. The van der Waals surface area contributed by atoms with Gasteiger partial charge < -0.3 is 14.8 Å². The molecule has 1 fully saturated rings. The Bertz CT molecular complexity index is 614. The molecule has 0 heterocycles. The molecule has 1 aromatic carbocycles. The maximum Gasteiger partial charge on any atom is 0.337 e. The third kappa shape index (κ3) is 5.77. The molecule has 1 aliphatic rings. The zero-order valence-electron chi connectivity index (χ0n) is 14.5. The van der Waals surface area contributed by atoms with E-state index in [0.29, 0.717) is 17.2 Å². The van der Waals surface area contributed by atoms with Crippen molar-refractivity contribution in [3.8, 4) is 5.75 Å². The molecule has 136 valence electrons. The third-order valence-corrected chi connectivity index (χ3v) is 4.33. The summed E-state index contributed by atoms with van der Waals surface area (Å²) in [6, 6.07) is 5.81. The van der Waals surface area contributed by atoms with Crippen molar-refractivity contribution >= 4 is 17.9 Å². The molecule has 3 amide bonds. The fraction of sp³-hybridized carbons (Fsp3) is 0.500. The highest BCUT2D eigenvalue weighted by Gasteiger charge is 2.23. The van der Waals surface area contributed by atoms with Crippen LogP contribution in [0, 0.1) is 5.92 Å². The molecule has 2 N–H and O–H groups in total. The Hall–Kier alpha value is -2.57. The molecule has 1 aromatic rings. The largest absolute Gasteiger partial charge is 0.484 e. The highest BCUT2D eigenvalue weighted by molar-refractivity contribution is 5.95. The summed E-state index contributed by atoms with van der Waals surface area (Å²) in [6.45, 7) is 1.82. The Morgan fingerprint density at radius 3 is 2.44 bits per heavy atom. The molecule has 0 aliphatic heterocycles. The number of benzene rings is 1. The lowest BCUT2D eigenvalue weighted by molar-refractivity contribution is -0.122. The summed E-state index contributed by atoms with van der Waals surface area (Å²) in [6.07, 6.45) is 4.30. The number of rotatable bonds is 5. The maximum atomic E-state index is 11.9. The topological polar surface area (TPSA) is 93.7 Å². The Balaban J connectivity index is 1.74. The molecule has 7 heteroatoms. The van der Waals surface area contributed by atoms with Crippen LogP contribution in [0.2, 0.25) is 0 Å². The van der Waals surface area contributed by atoms with Crippen LogP contribution in [0.5, 0.6) is 5.75 Å². The number of hydrogen-bond donors (Lipinski definition) is 2. The van der Waals surface area contributed by atoms with Crippen molar-refractivity contribution in [3.05, 3.63) is 29.8 Å². The fourth-order valence-corrected chi connectivity index (χ4v) is 2.85. The third-order valence-electron chi connectivity index (χ3n) is 4.33. The van der Waals surface area contributed by atoms with Crippen molar-refractivity contribution < 1.29 is 23.9 Å². The van der Waals surface area contributed by atoms with E-state index >= 15 is 0 Å². The summed E-state index contributed by atoms with van der Waals surface area (Å²) in [5.41, 5.74) is 0.389. The van der Waals surface area contributed by atoms with E-state index in [0.717, 1.165) is 19.3 Å². The second kappa shape index (κ2) is 9.05. The quantitative estimate of drug-likeness (QED) is 0.796. The van der Waals surface area contributed by atoms with Gasteiger partial charge in [0.15, 0.2) is 6.61 Å². The lowest BCUT2D eigenvalue weighted by Gasteiger charge is -2.29. The molecule has 0 bridgehead atoms. The number of urea groups is 1. The van der Waals surface area contributed by atoms with E-state index in [9.17, 15) is 14.4 Å². The van der Waals surface area contributed by atoms with Crippen molar-refractivity contribution in [3.63, 3.8) is 0 Å². The van der Waals surface area contributed by atoms with Gasteiger partial charge in [-0.05, 0) is 43.0 Å². The highest BCUT2D eigenvalue weighted by Crippen LogP contribution is 2.23. The molecule has 2 rings (SSSR count). The van der Waals surface area contributed by atoms with Gasteiger partial charge >= 0.3 is 12.0 Å². The van der Waals surface area contributed by atoms with Gasteiger partial charge in [0.05, 0.1) is 12.7 Å². The number of imide groups is 1. The van der Waals surface area contributed by atoms with Crippen LogP contribution in [0.3, 0.4) is 0 Å². The average molecular weight is 348 g/mol. The molecule has 1 aliphatic carbocycles. The van der Waals surface area contributed by atoms with Crippen molar-refractivity contribution in [2.75, 3.05) is 13.7 Å². The molecular weight excluding hydrogens is 324 g/mol. The van der Waals surface area contributed by atoms with E-state index in [1.54, 1.807) is 12.1 Å². The fourth-order valence-electron chi connectivity index (χ4n) is 2.85. The number of esters is 1. The number of methoxy groups -OCH3 is 1. The molecule has 1 saturated carbocycles. The van der Waals surface area contributed by atoms with Gasteiger partial charge in [-0.25, -0.2) is 9.59 Å². The molecule has 0 saturated heterocycles. The predicted molar refractivity (Wildman–Crippen MR) is 91.4 cm³/mol. The van der Waals surface area contributed by atoms with Gasteiger partial charge in [-0.15, -0.1) is 0 Å². The first-order valence-corrected chi connectivity index (χ1v) is 8.41. The highest BCUT2D eigenvalue weighted by atomic mass is 16.5. The number of ether oxygens (including phenoxy) is 2. The smallest absolute Gasteiger partial charge is 0.337 e. The second-order valence-electron chi connectivity index (χ2n) is 6.19. The number of carbonyl (C=O) groups excluding carboxylic acids is 3. The van der Waals surface area contributed by atoms with Gasteiger partial charge in [-0.1, -0.05) is 19.8 Å². The number of carbonyl (C=O) groups is 3. The Kier molecular flexibility index (Phi) is 6.80. The first kappa shape index (κ1) is 18.8. The van der Waals surface area contributed by atoms with E-state index < -0.39 is 17.9 Å². The van der Waals surface area contributed by atoms with Crippen LogP contribution >= 0.6 is 0 Å². The minimum atomic E-state index is -0.530. The summed E-state index contributed by atoms with van der Waals surface area (Å²) in [5, 5.41) is 5.11. The molecule has 25 heavy (non-hydrogen) atoms. The van der Waals surface area contributed by atoms with E-state index in [-0.39, 0.29) is 12.6 Å². The molecular formula is C18H24N2O5. The summed E-state index contributed by atoms with van der Waals surface area (Å²) >= 11 is 0. The number of nitrogens with one attached hydrogen (secondary N) is 2. The number of hydrogen-bond acceptors (Lipinski definition) is 5. The SMILES string of the molecule is COC(=O)c1ccc(OCC(=O)NC(=O)N[C@@H]2CCCC[C@@H]2C)cc1. The zero-order chi connectivity index (χ0) is 18.2. The molecule has 0 aromatic heterocycles. The Morgan fingerprint density at radius 2 is 1.80 bits per heavy atom. The van der Waals surface area contributed by atoms with Crippen LogP contribution in [0.15, 0.2) is 24.3 Å². The molecule has 0 spiro atoms. The van der Waals surface area contributed by atoms with Crippen LogP contribution < -0.4 is 15.4 Å². The molecule has 0 radical (unpaired) electrons. The van der Waals surface area contributed by atoms with Gasteiger partial charge in [0.2, 0.25) is 0 Å². The van der Waals surface area contributed by atoms with E-state index in [4.69, 9.17) is 4.74 Å². The minimum absolute atomic E-state index is 0.105. The van der Waals surface area contributed by atoms with E-state index in [1.807, 2.05) is 0 Å². The van der Waals surface area contributed by atoms with Crippen molar-refractivity contribution in [1.82, 2.24) is 10.6 Å². The van der Waals surface area contributed by atoms with Gasteiger partial charge in [0, 0.05) is 6.04 Å². The first-order valence-electron chi connectivity index (χ1n) is 8.41. The van der Waals surface area contributed by atoms with E-state index in [1.165, 1.54) is 25.7 Å². The van der Waals surface area contributed by atoms with Crippen LogP contribution in [0.4, 0.5) is 4.79 Å². The van der Waals surface area contributed by atoms with Crippen LogP contribution in [-0.2, 0) is 9.53 Å². The Labute approximate surface area is 147 Å². The van der Waals surface area contributed by atoms with Gasteiger partial charge in [0.25, 0.3) is 5.91 Å². The molecule has 7 nitrogen and oxygen atoms in total. The Morgan fingerprint density at radius 1 is 1.12 bits per heavy atom. The van der Waals surface area contributed by atoms with Crippen LogP contribution in [0.25, 0.3) is 0 Å². The van der Waals surface area contributed by atoms with Gasteiger partial charge in [0.1, 0.15) is 5.75 Å². The summed E-state index contributed by atoms with van der Waals surface area (Å²) in [4.78, 5) is 35.0. The second-order valence-corrected chi connectivity index (χ2v) is 6.19. The predicted octanol–water partition coefficient (Wildman–Crippen LogP) is 2.26. The average Bonchev–Trinajstić information content (AvgIpc) is 2.61. The normalized spacial score (nSPS) is 19.6. The zero-order valence-corrected chi connectivity index (χ0v) is 14.5. The number of amides is 3. The standard InChI is InChI=1S/C18H24N2O5/c1-12-5-3-4-6-15(12)19-18(23)20-16(21)11-25-14-9-7-13(8-10-14)17(22)24-2/h7-10,12,15H,3-6,11H2,1-2H3,(H2,19,20,21,23)/t12-,15+/m0/s1. The minimum Gasteiger partial charge on any atom is -0.484 e. The molecule has 2 atom stereocenters.